The van der Waals surface area contributed by atoms with Gasteiger partial charge in [-0.05, 0) is 31.0 Å². The summed E-state index contributed by atoms with van der Waals surface area (Å²) < 4.78 is 0. The van der Waals surface area contributed by atoms with Crippen LogP contribution in [0.4, 0.5) is 17.1 Å². The molecule has 2 N–H and O–H groups in total. The normalized spacial score (nSPS) is 14.4. The van der Waals surface area contributed by atoms with Crippen LogP contribution in [0, 0.1) is 16.0 Å². The number of carbonyl (C=O) groups excluding carboxylic acids is 2. The molecule has 1 heterocycles. The van der Waals surface area contributed by atoms with E-state index in [2.05, 4.69) is 10.6 Å². The molecule has 0 aliphatic carbocycles. The number of piperidine rings is 1. The third-order valence-corrected chi connectivity index (χ3v) is 4.94. The SMILES string of the molecule is CNC(=O)c1ccccc1NC(=O)C1CCN(c2ccccc2[N+](=O)[O-])CC1. The van der Waals surface area contributed by atoms with Crippen LogP contribution in [0.15, 0.2) is 48.5 Å². The first-order chi connectivity index (χ1) is 13.5. The van der Waals surface area contributed by atoms with Crippen molar-refractivity contribution in [3.8, 4) is 0 Å². The molecule has 1 aliphatic rings. The Morgan fingerprint density at radius 3 is 2.39 bits per heavy atom. The summed E-state index contributed by atoms with van der Waals surface area (Å²) in [4.78, 5) is 37.4. The molecule has 1 fully saturated rings. The molecule has 0 unspecified atom stereocenters. The molecule has 2 aromatic carbocycles. The zero-order valence-corrected chi connectivity index (χ0v) is 15.6. The van der Waals surface area contributed by atoms with Crippen LogP contribution in [0.1, 0.15) is 23.2 Å². The van der Waals surface area contributed by atoms with E-state index >= 15 is 0 Å². The highest BCUT2D eigenvalue weighted by Crippen LogP contribution is 2.31. The van der Waals surface area contributed by atoms with E-state index in [4.69, 9.17) is 0 Å². The Labute approximate surface area is 162 Å². The maximum absolute atomic E-state index is 12.7. The molecule has 0 radical (unpaired) electrons. The summed E-state index contributed by atoms with van der Waals surface area (Å²) in [5.41, 5.74) is 1.55. The van der Waals surface area contributed by atoms with E-state index in [0.717, 1.165) is 0 Å². The van der Waals surface area contributed by atoms with E-state index < -0.39 is 0 Å². The molecule has 0 aromatic heterocycles. The topological polar surface area (TPSA) is 105 Å². The minimum Gasteiger partial charge on any atom is -0.366 e. The van der Waals surface area contributed by atoms with Crippen LogP contribution in [0.25, 0.3) is 0 Å². The molecular formula is C20H22N4O4. The van der Waals surface area contributed by atoms with Gasteiger partial charge in [-0.3, -0.25) is 19.7 Å². The van der Waals surface area contributed by atoms with Gasteiger partial charge in [0.05, 0.1) is 16.2 Å². The number of nitrogens with one attached hydrogen (secondary N) is 2. The molecule has 0 bridgehead atoms. The molecule has 0 spiro atoms. The van der Waals surface area contributed by atoms with Gasteiger partial charge in [0.1, 0.15) is 5.69 Å². The zero-order chi connectivity index (χ0) is 20.1. The van der Waals surface area contributed by atoms with E-state index in [1.165, 1.54) is 6.07 Å². The Morgan fingerprint density at radius 1 is 1.07 bits per heavy atom. The molecule has 1 aliphatic heterocycles. The molecule has 0 atom stereocenters. The molecule has 2 amide bonds. The predicted octanol–water partition coefficient (Wildman–Crippen LogP) is 2.81. The summed E-state index contributed by atoms with van der Waals surface area (Å²) in [5.74, 6) is -0.613. The number of amides is 2. The average molecular weight is 382 g/mol. The minimum absolute atomic E-state index is 0.0740. The van der Waals surface area contributed by atoms with Gasteiger partial charge >= 0.3 is 0 Å². The molecule has 2 aromatic rings. The minimum atomic E-state index is -0.385. The number of para-hydroxylation sites is 3. The Bertz CT molecular complexity index is 891. The van der Waals surface area contributed by atoms with Crippen molar-refractivity contribution in [2.24, 2.45) is 5.92 Å². The monoisotopic (exact) mass is 382 g/mol. The largest absolute Gasteiger partial charge is 0.366 e. The lowest BCUT2D eigenvalue weighted by atomic mass is 9.95. The van der Waals surface area contributed by atoms with Crippen molar-refractivity contribution >= 4 is 28.9 Å². The van der Waals surface area contributed by atoms with Gasteiger partial charge < -0.3 is 15.5 Å². The van der Waals surface area contributed by atoms with Crippen LogP contribution in [-0.4, -0.2) is 36.9 Å². The predicted molar refractivity (Wildman–Crippen MR) is 106 cm³/mol. The van der Waals surface area contributed by atoms with E-state index in [9.17, 15) is 19.7 Å². The van der Waals surface area contributed by atoms with Crippen molar-refractivity contribution in [3.63, 3.8) is 0 Å². The molecule has 0 saturated carbocycles. The fourth-order valence-electron chi connectivity index (χ4n) is 3.43. The number of rotatable bonds is 5. The smallest absolute Gasteiger partial charge is 0.292 e. The van der Waals surface area contributed by atoms with Crippen molar-refractivity contribution in [1.82, 2.24) is 5.32 Å². The van der Waals surface area contributed by atoms with Gasteiger partial charge in [0.15, 0.2) is 0 Å². The summed E-state index contributed by atoms with van der Waals surface area (Å²) in [6, 6.07) is 13.5. The molecule has 1 saturated heterocycles. The molecule has 8 heteroatoms. The molecule has 146 valence electrons. The average Bonchev–Trinajstić information content (AvgIpc) is 2.73. The third-order valence-electron chi connectivity index (χ3n) is 4.94. The van der Waals surface area contributed by atoms with E-state index in [-0.39, 0.29) is 28.3 Å². The second-order valence-corrected chi connectivity index (χ2v) is 6.62. The van der Waals surface area contributed by atoms with Gasteiger partial charge in [-0.25, -0.2) is 0 Å². The van der Waals surface area contributed by atoms with Gasteiger partial charge in [-0.1, -0.05) is 24.3 Å². The van der Waals surface area contributed by atoms with Crippen molar-refractivity contribution in [2.75, 3.05) is 30.4 Å². The van der Waals surface area contributed by atoms with Crippen LogP contribution in [0.3, 0.4) is 0 Å². The van der Waals surface area contributed by atoms with Crippen molar-refractivity contribution in [2.45, 2.75) is 12.8 Å². The number of anilines is 2. The van der Waals surface area contributed by atoms with Crippen LogP contribution in [0.2, 0.25) is 0 Å². The van der Waals surface area contributed by atoms with Crippen LogP contribution in [-0.2, 0) is 4.79 Å². The van der Waals surface area contributed by atoms with Crippen LogP contribution < -0.4 is 15.5 Å². The number of carbonyl (C=O) groups is 2. The lowest BCUT2D eigenvalue weighted by Crippen LogP contribution is -2.38. The second kappa shape index (κ2) is 8.51. The highest BCUT2D eigenvalue weighted by atomic mass is 16.6. The summed E-state index contributed by atoms with van der Waals surface area (Å²) in [6.45, 7) is 1.11. The Morgan fingerprint density at radius 2 is 1.71 bits per heavy atom. The van der Waals surface area contributed by atoms with Gasteiger partial charge in [0, 0.05) is 32.1 Å². The maximum Gasteiger partial charge on any atom is 0.292 e. The third kappa shape index (κ3) is 4.11. The summed E-state index contributed by atoms with van der Waals surface area (Å²) in [7, 11) is 1.54. The highest BCUT2D eigenvalue weighted by molar-refractivity contribution is 6.04. The maximum atomic E-state index is 12.7. The number of nitrogens with zero attached hydrogens (tertiary/aromatic N) is 2. The van der Waals surface area contributed by atoms with E-state index in [1.807, 2.05) is 4.90 Å². The molecular weight excluding hydrogens is 360 g/mol. The van der Waals surface area contributed by atoms with E-state index in [0.29, 0.717) is 42.9 Å². The quantitative estimate of drug-likeness (QED) is 0.611. The Kier molecular flexibility index (Phi) is 5.88. The van der Waals surface area contributed by atoms with Crippen LogP contribution in [0.5, 0.6) is 0 Å². The van der Waals surface area contributed by atoms with Crippen molar-refractivity contribution in [3.05, 3.63) is 64.2 Å². The second-order valence-electron chi connectivity index (χ2n) is 6.62. The number of nitro benzene ring substituents is 1. The van der Waals surface area contributed by atoms with Crippen molar-refractivity contribution < 1.29 is 14.5 Å². The molecule has 3 rings (SSSR count). The standard InChI is InChI=1S/C20H22N4O4/c1-21-20(26)15-6-2-3-7-16(15)22-19(25)14-10-12-23(13-11-14)17-8-4-5-9-18(17)24(27)28/h2-9,14H,10-13H2,1H3,(H,21,26)(H,22,25). The van der Waals surface area contributed by atoms with Crippen LogP contribution >= 0.6 is 0 Å². The first-order valence-electron chi connectivity index (χ1n) is 9.11. The molecule has 28 heavy (non-hydrogen) atoms. The van der Waals surface area contributed by atoms with Gasteiger partial charge in [0.25, 0.3) is 11.6 Å². The number of benzene rings is 2. The Balaban J connectivity index is 1.65. The number of hydrogen-bond donors (Lipinski definition) is 2. The zero-order valence-electron chi connectivity index (χ0n) is 15.6. The summed E-state index contributed by atoms with van der Waals surface area (Å²) in [6.07, 6.45) is 1.17. The molecule has 8 nitrogen and oxygen atoms in total. The lowest BCUT2D eigenvalue weighted by Gasteiger charge is -2.32. The highest BCUT2D eigenvalue weighted by Gasteiger charge is 2.28. The van der Waals surface area contributed by atoms with Gasteiger partial charge in [0.2, 0.25) is 5.91 Å². The van der Waals surface area contributed by atoms with Gasteiger partial charge in [-0.2, -0.15) is 0 Å². The van der Waals surface area contributed by atoms with Gasteiger partial charge in [-0.15, -0.1) is 0 Å². The number of hydrogen-bond acceptors (Lipinski definition) is 5. The Hall–Kier alpha value is -3.42. The fourth-order valence-corrected chi connectivity index (χ4v) is 3.43. The fraction of sp³-hybridized carbons (Fsp3) is 0.300. The number of nitro groups is 1. The van der Waals surface area contributed by atoms with E-state index in [1.54, 1.807) is 49.5 Å². The van der Waals surface area contributed by atoms with Crippen molar-refractivity contribution in [1.29, 1.82) is 0 Å². The lowest BCUT2D eigenvalue weighted by molar-refractivity contribution is -0.384. The summed E-state index contributed by atoms with van der Waals surface area (Å²) in [5, 5.41) is 16.6. The first-order valence-corrected chi connectivity index (χ1v) is 9.11. The first kappa shape index (κ1) is 19.3. The summed E-state index contributed by atoms with van der Waals surface area (Å²) >= 11 is 0.